The molecule has 1 heterocycles. The zero-order valence-corrected chi connectivity index (χ0v) is 12.4. The second kappa shape index (κ2) is 6.27. The van der Waals surface area contributed by atoms with Gasteiger partial charge in [0.05, 0.1) is 0 Å². The molecule has 0 atom stereocenters. The maximum absolute atomic E-state index is 13.7. The van der Waals surface area contributed by atoms with Crippen LogP contribution in [0.1, 0.15) is 23.1 Å². The molecular weight excluding hydrogens is 263 g/mol. The normalized spacial score (nSPS) is 13.9. The summed E-state index contributed by atoms with van der Waals surface area (Å²) in [4.78, 5) is 2.15. The van der Waals surface area contributed by atoms with Gasteiger partial charge in [-0.1, -0.05) is 30.3 Å². The molecule has 2 aromatic carbocycles. The van der Waals surface area contributed by atoms with Crippen molar-refractivity contribution in [3.63, 3.8) is 0 Å². The minimum Gasteiger partial charge on any atom is -0.385 e. The van der Waals surface area contributed by atoms with Crippen LogP contribution in [0.15, 0.2) is 42.5 Å². The third-order valence-corrected chi connectivity index (χ3v) is 3.96. The van der Waals surface area contributed by atoms with E-state index in [-0.39, 0.29) is 5.82 Å². The first-order chi connectivity index (χ1) is 10.2. The van der Waals surface area contributed by atoms with Crippen LogP contribution >= 0.6 is 0 Å². The number of anilines is 1. The van der Waals surface area contributed by atoms with Crippen molar-refractivity contribution in [2.45, 2.75) is 25.9 Å². The van der Waals surface area contributed by atoms with E-state index in [4.69, 9.17) is 0 Å². The van der Waals surface area contributed by atoms with Crippen molar-refractivity contribution in [1.29, 1.82) is 0 Å². The van der Waals surface area contributed by atoms with Gasteiger partial charge < -0.3 is 5.32 Å². The predicted molar refractivity (Wildman–Crippen MR) is 84.8 cm³/mol. The van der Waals surface area contributed by atoms with Crippen LogP contribution in [-0.2, 0) is 19.5 Å². The zero-order chi connectivity index (χ0) is 14.7. The summed E-state index contributed by atoms with van der Waals surface area (Å²) in [6.07, 6.45) is 2.34. The molecule has 21 heavy (non-hydrogen) atoms. The zero-order valence-electron chi connectivity index (χ0n) is 12.4. The van der Waals surface area contributed by atoms with Crippen LogP contribution in [0.25, 0.3) is 0 Å². The predicted octanol–water partition coefficient (Wildman–Crippen LogP) is 3.82. The highest BCUT2D eigenvalue weighted by Crippen LogP contribution is 2.23. The van der Waals surface area contributed by atoms with Gasteiger partial charge in [0, 0.05) is 30.9 Å². The van der Waals surface area contributed by atoms with E-state index < -0.39 is 0 Å². The number of halogens is 1. The second-order valence-corrected chi connectivity index (χ2v) is 5.79. The number of nitrogens with one attached hydrogen (secondary N) is 1. The Morgan fingerprint density at radius 1 is 1.14 bits per heavy atom. The summed E-state index contributed by atoms with van der Waals surface area (Å²) in [5, 5.41) is 3.43. The SMILES string of the molecule is CN(Cc1ccc2c(c1)CCCN2)Cc1ccccc1F. The van der Waals surface area contributed by atoms with Gasteiger partial charge in [0.25, 0.3) is 0 Å². The molecule has 0 saturated heterocycles. The summed E-state index contributed by atoms with van der Waals surface area (Å²) in [5.41, 5.74) is 4.70. The molecule has 0 unspecified atom stereocenters. The van der Waals surface area contributed by atoms with E-state index in [0.717, 1.165) is 25.1 Å². The fourth-order valence-corrected chi connectivity index (χ4v) is 2.91. The Morgan fingerprint density at radius 2 is 2.00 bits per heavy atom. The van der Waals surface area contributed by atoms with E-state index in [1.165, 1.54) is 29.3 Å². The van der Waals surface area contributed by atoms with E-state index in [9.17, 15) is 4.39 Å². The summed E-state index contributed by atoms with van der Waals surface area (Å²) in [5.74, 6) is -0.126. The molecule has 0 aromatic heterocycles. The Balaban J connectivity index is 1.67. The molecule has 0 spiro atoms. The summed E-state index contributed by atoms with van der Waals surface area (Å²) in [6, 6.07) is 13.6. The number of hydrogen-bond acceptors (Lipinski definition) is 2. The highest BCUT2D eigenvalue weighted by atomic mass is 19.1. The lowest BCUT2D eigenvalue weighted by atomic mass is 10.0. The first-order valence-electron chi connectivity index (χ1n) is 7.50. The number of hydrogen-bond donors (Lipinski definition) is 1. The molecule has 0 saturated carbocycles. The minimum absolute atomic E-state index is 0.126. The maximum atomic E-state index is 13.7. The molecule has 1 N–H and O–H groups in total. The quantitative estimate of drug-likeness (QED) is 0.918. The van der Waals surface area contributed by atoms with Crippen molar-refractivity contribution in [1.82, 2.24) is 4.90 Å². The van der Waals surface area contributed by atoms with E-state index in [2.05, 4.69) is 28.4 Å². The van der Waals surface area contributed by atoms with Crippen molar-refractivity contribution in [2.75, 3.05) is 18.9 Å². The van der Waals surface area contributed by atoms with Crippen molar-refractivity contribution >= 4 is 5.69 Å². The van der Waals surface area contributed by atoms with E-state index in [1.807, 2.05) is 19.2 Å². The molecule has 0 amide bonds. The third kappa shape index (κ3) is 3.42. The van der Waals surface area contributed by atoms with Crippen LogP contribution in [0, 0.1) is 5.82 Å². The minimum atomic E-state index is -0.126. The molecular formula is C18H21FN2. The number of benzene rings is 2. The van der Waals surface area contributed by atoms with Crippen LogP contribution in [0.5, 0.6) is 0 Å². The lowest BCUT2D eigenvalue weighted by molar-refractivity contribution is 0.313. The molecule has 3 heteroatoms. The van der Waals surface area contributed by atoms with Crippen molar-refractivity contribution in [3.05, 3.63) is 65.0 Å². The highest BCUT2D eigenvalue weighted by molar-refractivity contribution is 5.54. The van der Waals surface area contributed by atoms with Crippen molar-refractivity contribution in [3.8, 4) is 0 Å². The van der Waals surface area contributed by atoms with Gasteiger partial charge in [0.15, 0.2) is 0 Å². The standard InChI is InChI=1S/C18H21FN2/c1-21(13-16-5-2-3-7-17(16)19)12-14-8-9-18-15(11-14)6-4-10-20-18/h2-3,5,7-9,11,20H,4,6,10,12-13H2,1H3. The summed E-state index contributed by atoms with van der Waals surface area (Å²) in [6.45, 7) is 2.53. The molecule has 3 rings (SSSR count). The Bertz CT molecular complexity index is 624. The Hall–Kier alpha value is -1.87. The molecule has 0 fully saturated rings. The molecule has 1 aliphatic heterocycles. The molecule has 2 nitrogen and oxygen atoms in total. The molecule has 0 aliphatic carbocycles. The van der Waals surface area contributed by atoms with Gasteiger partial charge >= 0.3 is 0 Å². The van der Waals surface area contributed by atoms with Gasteiger partial charge in [0.1, 0.15) is 5.82 Å². The number of nitrogens with zero attached hydrogens (tertiary/aromatic N) is 1. The fourth-order valence-electron chi connectivity index (χ4n) is 2.91. The monoisotopic (exact) mass is 284 g/mol. The van der Waals surface area contributed by atoms with Crippen LogP contribution < -0.4 is 5.32 Å². The van der Waals surface area contributed by atoms with Gasteiger partial charge in [-0.05, 0) is 43.1 Å². The lowest BCUT2D eigenvalue weighted by Crippen LogP contribution is -2.18. The Kier molecular flexibility index (Phi) is 4.20. The maximum Gasteiger partial charge on any atom is 0.127 e. The molecule has 110 valence electrons. The number of rotatable bonds is 4. The van der Waals surface area contributed by atoms with Crippen molar-refractivity contribution in [2.24, 2.45) is 0 Å². The van der Waals surface area contributed by atoms with Gasteiger partial charge in [-0.2, -0.15) is 0 Å². The molecule has 2 aromatic rings. The van der Waals surface area contributed by atoms with Gasteiger partial charge in [-0.15, -0.1) is 0 Å². The molecule has 0 bridgehead atoms. The summed E-state index contributed by atoms with van der Waals surface area (Å²) >= 11 is 0. The van der Waals surface area contributed by atoms with Crippen LogP contribution in [0.2, 0.25) is 0 Å². The Labute approximate surface area is 125 Å². The van der Waals surface area contributed by atoms with Crippen molar-refractivity contribution < 1.29 is 4.39 Å². The molecule has 1 aliphatic rings. The number of fused-ring (bicyclic) bond motifs is 1. The highest BCUT2D eigenvalue weighted by Gasteiger charge is 2.10. The van der Waals surface area contributed by atoms with Crippen LogP contribution in [0.4, 0.5) is 10.1 Å². The number of aryl methyl sites for hydroxylation is 1. The van der Waals surface area contributed by atoms with E-state index in [0.29, 0.717) is 6.54 Å². The largest absolute Gasteiger partial charge is 0.385 e. The van der Waals surface area contributed by atoms with Gasteiger partial charge in [0.2, 0.25) is 0 Å². The third-order valence-electron chi connectivity index (χ3n) is 3.96. The fraction of sp³-hybridized carbons (Fsp3) is 0.333. The van der Waals surface area contributed by atoms with Crippen LogP contribution in [-0.4, -0.2) is 18.5 Å². The van der Waals surface area contributed by atoms with Crippen LogP contribution in [0.3, 0.4) is 0 Å². The second-order valence-electron chi connectivity index (χ2n) is 5.79. The molecule has 0 radical (unpaired) electrons. The lowest BCUT2D eigenvalue weighted by Gasteiger charge is -2.21. The van der Waals surface area contributed by atoms with Gasteiger partial charge in [-0.3, -0.25) is 4.90 Å². The van der Waals surface area contributed by atoms with E-state index in [1.54, 1.807) is 6.07 Å². The van der Waals surface area contributed by atoms with Gasteiger partial charge in [-0.25, -0.2) is 4.39 Å². The average molecular weight is 284 g/mol. The smallest absolute Gasteiger partial charge is 0.127 e. The first-order valence-corrected chi connectivity index (χ1v) is 7.50. The average Bonchev–Trinajstić information content (AvgIpc) is 2.49. The summed E-state index contributed by atoms with van der Waals surface area (Å²) in [7, 11) is 2.03. The van der Waals surface area contributed by atoms with E-state index >= 15 is 0 Å². The topological polar surface area (TPSA) is 15.3 Å². The first kappa shape index (κ1) is 14.1. The Morgan fingerprint density at radius 3 is 2.86 bits per heavy atom. The summed E-state index contributed by atoms with van der Waals surface area (Å²) < 4.78 is 13.7.